The number of anilines is 2. The number of hydrogen-bond donors (Lipinski definition) is 3. The van der Waals surface area contributed by atoms with Gasteiger partial charge in [0.25, 0.3) is 0 Å². The van der Waals surface area contributed by atoms with Crippen LogP contribution in [0.15, 0.2) is 60.9 Å². The molecule has 2 fully saturated rings. The van der Waals surface area contributed by atoms with Gasteiger partial charge in [-0.25, -0.2) is 14.8 Å². The summed E-state index contributed by atoms with van der Waals surface area (Å²) >= 11 is 0. The average Bonchev–Trinajstić information content (AvgIpc) is 3.65. The molecule has 12 heteroatoms. The van der Waals surface area contributed by atoms with Crippen molar-refractivity contribution in [1.29, 1.82) is 0 Å². The van der Waals surface area contributed by atoms with Crippen LogP contribution in [0.2, 0.25) is 0 Å². The molecule has 6 rings (SSSR count). The molecule has 12 nitrogen and oxygen atoms in total. The molecule has 2 saturated heterocycles. The number of fused-ring (bicyclic) bond motifs is 1. The topological polar surface area (TPSA) is 148 Å². The summed E-state index contributed by atoms with van der Waals surface area (Å²) in [6.07, 6.45) is 4.12. The molecule has 2 aliphatic heterocycles. The summed E-state index contributed by atoms with van der Waals surface area (Å²) in [5.41, 5.74) is 3.09. The van der Waals surface area contributed by atoms with Crippen LogP contribution in [0.3, 0.4) is 0 Å². The quantitative estimate of drug-likeness (QED) is 0.313. The highest BCUT2D eigenvalue weighted by Crippen LogP contribution is 2.24. The summed E-state index contributed by atoms with van der Waals surface area (Å²) in [4.78, 5) is 52.2. The van der Waals surface area contributed by atoms with Crippen LogP contribution in [0.25, 0.3) is 22.3 Å². The zero-order chi connectivity index (χ0) is 28.3. The van der Waals surface area contributed by atoms with Gasteiger partial charge in [-0.1, -0.05) is 0 Å². The molecular weight excluding hydrogens is 524 g/mol. The lowest BCUT2D eigenvalue weighted by molar-refractivity contribution is -0.132. The van der Waals surface area contributed by atoms with E-state index >= 15 is 0 Å². The van der Waals surface area contributed by atoms with Crippen LogP contribution in [-0.2, 0) is 9.59 Å². The van der Waals surface area contributed by atoms with Crippen molar-refractivity contribution in [2.24, 2.45) is 5.92 Å². The van der Waals surface area contributed by atoms with Crippen LogP contribution in [0.1, 0.15) is 16.9 Å². The van der Waals surface area contributed by atoms with Crippen LogP contribution < -0.4 is 10.2 Å². The first-order valence-electron chi connectivity index (χ1n) is 13.6. The molecular formula is C29H30N8O4. The van der Waals surface area contributed by atoms with E-state index in [1.54, 1.807) is 36.7 Å². The minimum absolute atomic E-state index is 0.0777. The highest BCUT2D eigenvalue weighted by atomic mass is 16.4. The summed E-state index contributed by atoms with van der Waals surface area (Å²) in [5.74, 6) is -0.749. The maximum atomic E-state index is 13.0. The number of carbonyl (C=O) groups is 3. The Bertz CT molecular complexity index is 1570. The van der Waals surface area contributed by atoms with E-state index in [2.05, 4.69) is 42.5 Å². The highest BCUT2D eigenvalue weighted by Gasteiger charge is 2.31. The van der Waals surface area contributed by atoms with Crippen molar-refractivity contribution in [1.82, 2.24) is 30.0 Å². The third-order valence-electron chi connectivity index (χ3n) is 7.72. The van der Waals surface area contributed by atoms with Crippen molar-refractivity contribution in [2.75, 3.05) is 56.0 Å². The number of nitrogens with one attached hydrogen (secondary N) is 2. The second-order valence-corrected chi connectivity index (χ2v) is 10.3. The molecule has 3 N–H and O–H groups in total. The van der Waals surface area contributed by atoms with Gasteiger partial charge in [-0.05, 0) is 61.5 Å². The number of amides is 2. The smallest absolute Gasteiger partial charge is 0.357 e. The molecule has 2 aliphatic rings. The van der Waals surface area contributed by atoms with E-state index in [0.717, 1.165) is 24.3 Å². The molecule has 0 aliphatic carbocycles. The Morgan fingerprint density at radius 2 is 1.73 bits per heavy atom. The lowest BCUT2D eigenvalue weighted by atomic mass is 10.1. The Kier molecular flexibility index (Phi) is 7.30. The SMILES string of the molecule is O=C(O)c1n[nH]c2ccc(NC(=O)C3CCN(CC(=O)N4CCN(c5ccc(-c6ncccn6)cc5)CC4)C3)cc12. The van der Waals surface area contributed by atoms with Crippen LogP contribution in [-0.4, -0.2) is 98.7 Å². The first kappa shape index (κ1) is 26.4. The minimum Gasteiger partial charge on any atom is -0.476 e. The van der Waals surface area contributed by atoms with Gasteiger partial charge in [0.15, 0.2) is 11.5 Å². The zero-order valence-corrected chi connectivity index (χ0v) is 22.4. The number of hydrogen-bond acceptors (Lipinski definition) is 8. The predicted octanol–water partition coefficient (Wildman–Crippen LogP) is 2.33. The Hall–Kier alpha value is -4.84. The third-order valence-corrected chi connectivity index (χ3v) is 7.72. The highest BCUT2D eigenvalue weighted by molar-refractivity contribution is 6.03. The standard InChI is InChI=1S/C29H30N8O4/c38-25(37-14-12-36(13-15-37)22-5-2-19(3-6-22)27-30-9-1-10-31-27)18-35-11-8-20(17-35)28(39)32-21-4-7-24-23(16-21)26(29(40)41)34-33-24/h1-7,9-10,16,20H,8,11-15,17-18H2,(H,32,39)(H,33,34)(H,40,41). The van der Waals surface area contributed by atoms with E-state index in [4.69, 9.17) is 0 Å². The molecule has 1 unspecified atom stereocenters. The van der Waals surface area contributed by atoms with E-state index in [-0.39, 0.29) is 23.4 Å². The van der Waals surface area contributed by atoms with Crippen molar-refractivity contribution < 1.29 is 19.5 Å². The first-order valence-corrected chi connectivity index (χ1v) is 13.6. The number of carboxylic acid groups (broad SMARTS) is 1. The molecule has 1 atom stereocenters. The lowest BCUT2D eigenvalue weighted by Gasteiger charge is -2.36. The summed E-state index contributed by atoms with van der Waals surface area (Å²) in [5, 5.41) is 19.1. The number of likely N-dealkylation sites (tertiary alicyclic amines) is 1. The number of benzene rings is 2. The molecule has 0 radical (unpaired) electrons. The molecule has 0 spiro atoms. The van der Waals surface area contributed by atoms with Crippen molar-refractivity contribution in [3.63, 3.8) is 0 Å². The Labute approximate surface area is 236 Å². The van der Waals surface area contributed by atoms with Crippen LogP contribution in [0.5, 0.6) is 0 Å². The number of aromatic amines is 1. The van der Waals surface area contributed by atoms with E-state index in [0.29, 0.717) is 61.6 Å². The fourth-order valence-electron chi connectivity index (χ4n) is 5.46. The van der Waals surface area contributed by atoms with Gasteiger partial charge in [0.05, 0.1) is 18.0 Å². The van der Waals surface area contributed by atoms with Gasteiger partial charge < -0.3 is 20.2 Å². The maximum Gasteiger partial charge on any atom is 0.357 e. The number of piperazine rings is 1. The van der Waals surface area contributed by atoms with Gasteiger partial charge in [0.2, 0.25) is 11.8 Å². The fourth-order valence-corrected chi connectivity index (χ4v) is 5.46. The second kappa shape index (κ2) is 11.3. The van der Waals surface area contributed by atoms with Crippen molar-refractivity contribution in [2.45, 2.75) is 6.42 Å². The Morgan fingerprint density at radius 1 is 0.976 bits per heavy atom. The molecule has 2 aromatic heterocycles. The van der Waals surface area contributed by atoms with E-state index in [1.807, 2.05) is 21.9 Å². The van der Waals surface area contributed by atoms with Gasteiger partial charge in [-0.2, -0.15) is 5.10 Å². The average molecular weight is 555 g/mol. The number of carbonyl (C=O) groups excluding carboxylic acids is 2. The lowest BCUT2D eigenvalue weighted by Crippen LogP contribution is -2.51. The van der Waals surface area contributed by atoms with E-state index in [9.17, 15) is 19.5 Å². The number of aromatic nitrogens is 4. The monoisotopic (exact) mass is 554 g/mol. The molecule has 0 bridgehead atoms. The molecule has 210 valence electrons. The van der Waals surface area contributed by atoms with Crippen molar-refractivity contribution >= 4 is 40.1 Å². The number of nitrogens with zero attached hydrogens (tertiary/aromatic N) is 6. The molecule has 0 saturated carbocycles. The molecule has 41 heavy (non-hydrogen) atoms. The fraction of sp³-hybridized carbons (Fsp3) is 0.310. The zero-order valence-electron chi connectivity index (χ0n) is 22.4. The normalized spacial score (nSPS) is 17.6. The minimum atomic E-state index is -1.13. The first-order chi connectivity index (χ1) is 19.9. The van der Waals surface area contributed by atoms with Crippen molar-refractivity contribution in [3.05, 3.63) is 66.6 Å². The summed E-state index contributed by atoms with van der Waals surface area (Å²) < 4.78 is 0. The number of H-pyrrole nitrogens is 1. The Morgan fingerprint density at radius 3 is 2.46 bits per heavy atom. The maximum absolute atomic E-state index is 13.0. The Balaban J connectivity index is 0.975. The molecule has 2 amide bonds. The van der Waals surface area contributed by atoms with Gasteiger partial charge in [-0.15, -0.1) is 0 Å². The largest absolute Gasteiger partial charge is 0.476 e. The van der Waals surface area contributed by atoms with Crippen molar-refractivity contribution in [3.8, 4) is 11.4 Å². The van der Waals surface area contributed by atoms with Crippen LogP contribution in [0.4, 0.5) is 11.4 Å². The summed E-state index contributed by atoms with van der Waals surface area (Å²) in [6.45, 7) is 4.27. The molecule has 4 aromatic rings. The third kappa shape index (κ3) is 5.73. The van der Waals surface area contributed by atoms with Gasteiger partial charge in [-0.3, -0.25) is 19.6 Å². The van der Waals surface area contributed by atoms with Crippen LogP contribution >= 0.6 is 0 Å². The number of carboxylic acids is 1. The van der Waals surface area contributed by atoms with E-state index < -0.39 is 5.97 Å². The van der Waals surface area contributed by atoms with Crippen LogP contribution in [0, 0.1) is 5.92 Å². The van der Waals surface area contributed by atoms with E-state index in [1.165, 1.54) is 0 Å². The predicted molar refractivity (Wildman–Crippen MR) is 152 cm³/mol. The number of rotatable bonds is 7. The summed E-state index contributed by atoms with van der Waals surface area (Å²) in [6, 6.07) is 15.0. The second-order valence-electron chi connectivity index (χ2n) is 10.3. The van der Waals surface area contributed by atoms with Gasteiger partial charge in [0, 0.05) is 67.4 Å². The van der Waals surface area contributed by atoms with Gasteiger partial charge in [0.1, 0.15) is 0 Å². The number of aromatic carboxylic acids is 1. The summed E-state index contributed by atoms with van der Waals surface area (Å²) in [7, 11) is 0. The molecule has 2 aromatic carbocycles. The van der Waals surface area contributed by atoms with Gasteiger partial charge >= 0.3 is 5.97 Å². The molecule has 4 heterocycles.